The van der Waals surface area contributed by atoms with Crippen molar-refractivity contribution < 1.29 is 9.18 Å². The molecule has 0 radical (unpaired) electrons. The van der Waals surface area contributed by atoms with Gasteiger partial charge in [0.05, 0.1) is 16.2 Å². The van der Waals surface area contributed by atoms with Crippen LogP contribution in [-0.4, -0.2) is 18.5 Å². The van der Waals surface area contributed by atoms with Gasteiger partial charge in [-0.15, -0.1) is 0 Å². The average molecular weight is 245 g/mol. The predicted molar refractivity (Wildman–Crippen MR) is 63.2 cm³/mol. The molecule has 1 rings (SSSR count). The lowest BCUT2D eigenvalue weighted by Gasteiger charge is -2.22. The SMILES string of the molecule is CNC(C)(C)C(=O)Nc1cccc(Cl)c1F. The zero-order valence-corrected chi connectivity index (χ0v) is 10.2. The van der Waals surface area contributed by atoms with Gasteiger partial charge in [0.25, 0.3) is 0 Å². The fourth-order valence-electron chi connectivity index (χ4n) is 0.992. The molecule has 88 valence electrons. The van der Waals surface area contributed by atoms with Crippen molar-refractivity contribution >= 4 is 23.2 Å². The molecule has 1 aromatic carbocycles. The Labute approximate surface area is 99.0 Å². The van der Waals surface area contributed by atoms with Gasteiger partial charge in [-0.25, -0.2) is 4.39 Å². The van der Waals surface area contributed by atoms with Gasteiger partial charge in [0, 0.05) is 0 Å². The van der Waals surface area contributed by atoms with E-state index in [2.05, 4.69) is 10.6 Å². The number of likely N-dealkylation sites (N-methyl/N-ethyl adjacent to an activating group) is 1. The first kappa shape index (κ1) is 12.9. The lowest BCUT2D eigenvalue weighted by Crippen LogP contribution is -2.48. The van der Waals surface area contributed by atoms with Crippen molar-refractivity contribution in [2.24, 2.45) is 0 Å². The maximum atomic E-state index is 13.5. The monoisotopic (exact) mass is 244 g/mol. The minimum atomic E-state index is -0.769. The average Bonchev–Trinajstić information content (AvgIpc) is 2.24. The number of carbonyl (C=O) groups is 1. The van der Waals surface area contributed by atoms with E-state index in [0.717, 1.165) is 0 Å². The van der Waals surface area contributed by atoms with Gasteiger partial charge in [0.2, 0.25) is 5.91 Å². The second-order valence-corrected chi connectivity index (χ2v) is 4.34. The van der Waals surface area contributed by atoms with Gasteiger partial charge in [-0.1, -0.05) is 17.7 Å². The van der Waals surface area contributed by atoms with Gasteiger partial charge in [0.1, 0.15) is 0 Å². The first-order valence-corrected chi connectivity index (χ1v) is 5.20. The van der Waals surface area contributed by atoms with Crippen LogP contribution in [0.2, 0.25) is 5.02 Å². The van der Waals surface area contributed by atoms with Crippen LogP contribution in [0.15, 0.2) is 18.2 Å². The molecule has 3 nitrogen and oxygen atoms in total. The van der Waals surface area contributed by atoms with Gasteiger partial charge in [0.15, 0.2) is 5.82 Å². The van der Waals surface area contributed by atoms with E-state index in [4.69, 9.17) is 11.6 Å². The van der Waals surface area contributed by atoms with Crippen molar-refractivity contribution in [3.8, 4) is 0 Å². The molecule has 1 aromatic rings. The Morgan fingerprint density at radius 3 is 2.62 bits per heavy atom. The van der Waals surface area contributed by atoms with Crippen molar-refractivity contribution in [1.29, 1.82) is 0 Å². The van der Waals surface area contributed by atoms with E-state index < -0.39 is 11.4 Å². The maximum absolute atomic E-state index is 13.5. The Morgan fingerprint density at radius 2 is 2.06 bits per heavy atom. The standard InChI is InChI=1S/C11H14ClFN2O/c1-11(2,14-3)10(16)15-8-6-4-5-7(12)9(8)13/h4-6,14H,1-3H3,(H,15,16). The molecule has 0 fully saturated rings. The number of amides is 1. The number of hydrogen-bond donors (Lipinski definition) is 2. The molecular weight excluding hydrogens is 231 g/mol. The molecule has 0 saturated carbocycles. The largest absolute Gasteiger partial charge is 0.322 e. The number of rotatable bonds is 3. The van der Waals surface area contributed by atoms with Crippen LogP contribution < -0.4 is 10.6 Å². The van der Waals surface area contributed by atoms with Gasteiger partial charge >= 0.3 is 0 Å². The number of hydrogen-bond acceptors (Lipinski definition) is 2. The molecule has 0 aliphatic carbocycles. The molecule has 0 heterocycles. The van der Waals surface area contributed by atoms with E-state index in [0.29, 0.717) is 0 Å². The Bertz CT molecular complexity index is 407. The van der Waals surface area contributed by atoms with Crippen LogP contribution in [0.3, 0.4) is 0 Å². The summed E-state index contributed by atoms with van der Waals surface area (Å²) in [7, 11) is 1.66. The zero-order valence-electron chi connectivity index (χ0n) is 9.40. The molecule has 0 unspecified atom stereocenters. The summed E-state index contributed by atoms with van der Waals surface area (Å²) >= 11 is 5.60. The Balaban J connectivity index is 2.90. The fourth-order valence-corrected chi connectivity index (χ4v) is 1.17. The summed E-state index contributed by atoms with van der Waals surface area (Å²) in [5.74, 6) is -0.944. The quantitative estimate of drug-likeness (QED) is 0.857. The van der Waals surface area contributed by atoms with Crippen LogP contribution in [0.4, 0.5) is 10.1 Å². The second-order valence-electron chi connectivity index (χ2n) is 3.93. The highest BCUT2D eigenvalue weighted by molar-refractivity contribution is 6.31. The highest BCUT2D eigenvalue weighted by Crippen LogP contribution is 2.22. The van der Waals surface area contributed by atoms with Crippen molar-refractivity contribution in [2.75, 3.05) is 12.4 Å². The number of benzene rings is 1. The molecular formula is C11H14ClFN2O. The maximum Gasteiger partial charge on any atom is 0.244 e. The third kappa shape index (κ3) is 2.71. The molecule has 16 heavy (non-hydrogen) atoms. The minimum Gasteiger partial charge on any atom is -0.322 e. The molecule has 0 aliphatic heterocycles. The number of anilines is 1. The smallest absolute Gasteiger partial charge is 0.244 e. The predicted octanol–water partition coefficient (Wildman–Crippen LogP) is 2.42. The van der Waals surface area contributed by atoms with E-state index >= 15 is 0 Å². The molecule has 0 spiro atoms. The van der Waals surface area contributed by atoms with E-state index in [1.54, 1.807) is 27.0 Å². The summed E-state index contributed by atoms with van der Waals surface area (Å²) in [6.07, 6.45) is 0. The molecule has 2 N–H and O–H groups in total. The zero-order chi connectivity index (χ0) is 12.3. The number of carbonyl (C=O) groups excluding carboxylic acids is 1. The van der Waals surface area contributed by atoms with Crippen LogP contribution in [-0.2, 0) is 4.79 Å². The van der Waals surface area contributed by atoms with Gasteiger partial charge < -0.3 is 10.6 Å². The van der Waals surface area contributed by atoms with Gasteiger partial charge in [-0.05, 0) is 33.0 Å². The summed E-state index contributed by atoms with van der Waals surface area (Å²) in [4.78, 5) is 11.7. The summed E-state index contributed by atoms with van der Waals surface area (Å²) in [5.41, 5.74) is -0.685. The lowest BCUT2D eigenvalue weighted by molar-refractivity contribution is -0.121. The first-order valence-electron chi connectivity index (χ1n) is 4.83. The molecule has 0 aromatic heterocycles. The van der Waals surface area contributed by atoms with Crippen LogP contribution in [0.1, 0.15) is 13.8 Å². The highest BCUT2D eigenvalue weighted by Gasteiger charge is 2.26. The lowest BCUT2D eigenvalue weighted by atomic mass is 10.1. The van der Waals surface area contributed by atoms with Crippen molar-refractivity contribution in [1.82, 2.24) is 5.32 Å². The molecule has 0 bridgehead atoms. The summed E-state index contributed by atoms with van der Waals surface area (Å²) in [6.45, 7) is 3.40. The normalized spacial score (nSPS) is 11.3. The fraction of sp³-hybridized carbons (Fsp3) is 0.364. The Kier molecular flexibility index (Phi) is 3.88. The summed E-state index contributed by atoms with van der Waals surface area (Å²) in [5, 5.41) is 5.30. The van der Waals surface area contributed by atoms with Gasteiger partial charge in [-0.3, -0.25) is 4.79 Å². The van der Waals surface area contributed by atoms with Gasteiger partial charge in [-0.2, -0.15) is 0 Å². The first-order chi connectivity index (χ1) is 7.38. The minimum absolute atomic E-state index is 0.0138. The van der Waals surface area contributed by atoms with Crippen molar-refractivity contribution in [2.45, 2.75) is 19.4 Å². The van der Waals surface area contributed by atoms with E-state index in [1.807, 2.05) is 0 Å². The third-order valence-corrected chi connectivity index (χ3v) is 2.68. The summed E-state index contributed by atoms with van der Waals surface area (Å²) < 4.78 is 13.5. The number of halogens is 2. The van der Waals surface area contributed by atoms with Crippen molar-refractivity contribution in [3.05, 3.63) is 29.0 Å². The molecule has 5 heteroatoms. The highest BCUT2D eigenvalue weighted by atomic mass is 35.5. The topological polar surface area (TPSA) is 41.1 Å². The second kappa shape index (κ2) is 4.80. The third-order valence-electron chi connectivity index (χ3n) is 2.39. The Morgan fingerprint density at radius 1 is 1.44 bits per heavy atom. The molecule has 0 atom stereocenters. The molecule has 0 saturated heterocycles. The van der Waals surface area contributed by atoms with Crippen LogP contribution in [0, 0.1) is 5.82 Å². The van der Waals surface area contributed by atoms with E-state index in [9.17, 15) is 9.18 Å². The molecule has 0 aliphatic rings. The van der Waals surface area contributed by atoms with Crippen LogP contribution >= 0.6 is 11.6 Å². The number of nitrogens with one attached hydrogen (secondary N) is 2. The van der Waals surface area contributed by atoms with Crippen LogP contribution in [0.25, 0.3) is 0 Å². The van der Waals surface area contributed by atoms with E-state index in [-0.39, 0.29) is 16.6 Å². The summed E-state index contributed by atoms with van der Waals surface area (Å²) in [6, 6.07) is 4.47. The van der Waals surface area contributed by atoms with E-state index in [1.165, 1.54) is 12.1 Å². The van der Waals surface area contributed by atoms with Crippen molar-refractivity contribution in [3.63, 3.8) is 0 Å². The Hall–Kier alpha value is -1.13. The molecule has 1 amide bonds. The van der Waals surface area contributed by atoms with Crippen LogP contribution in [0.5, 0.6) is 0 Å².